The van der Waals surface area contributed by atoms with Gasteiger partial charge in [-0.2, -0.15) is 13.2 Å². The molecule has 9 heteroatoms. The summed E-state index contributed by atoms with van der Waals surface area (Å²) in [4.78, 5) is 19.0. The molecule has 0 bridgehead atoms. The zero-order chi connectivity index (χ0) is 19.9. The smallest absolute Gasteiger partial charge is 0.419 e. The number of benzene rings is 1. The molecule has 1 aromatic carbocycles. The number of hydrogen-bond donors (Lipinski definition) is 0. The van der Waals surface area contributed by atoms with Gasteiger partial charge in [-0.05, 0) is 30.3 Å². The molecule has 1 N–H and O–H groups in total. The highest BCUT2D eigenvalue weighted by Crippen LogP contribution is 2.28. The van der Waals surface area contributed by atoms with E-state index >= 15 is 0 Å². The van der Waals surface area contributed by atoms with Gasteiger partial charge in [0.1, 0.15) is 24.9 Å². The summed E-state index contributed by atoms with van der Waals surface area (Å²) < 4.78 is 43.6. The molecule has 1 saturated heterocycles. The third-order valence-electron chi connectivity index (χ3n) is 4.72. The Labute approximate surface area is 163 Å². The molecule has 0 radical (unpaired) electrons. The van der Waals surface area contributed by atoms with Crippen molar-refractivity contribution < 1.29 is 27.4 Å². The highest BCUT2D eigenvalue weighted by Gasteiger charge is 2.33. The maximum atomic E-state index is 12.7. The van der Waals surface area contributed by atoms with Crippen LogP contribution in [0.3, 0.4) is 0 Å². The van der Waals surface area contributed by atoms with Gasteiger partial charge in [-0.1, -0.05) is 11.6 Å². The van der Waals surface area contributed by atoms with Crippen LogP contribution in [0.25, 0.3) is 11.0 Å². The second-order valence-corrected chi connectivity index (χ2v) is 6.97. The molecule has 2 aromatic heterocycles. The van der Waals surface area contributed by atoms with Gasteiger partial charge in [0, 0.05) is 16.5 Å². The maximum Gasteiger partial charge on any atom is 0.419 e. The van der Waals surface area contributed by atoms with Gasteiger partial charge in [-0.15, -0.1) is 0 Å². The number of H-pyrrole nitrogens is 1. The fraction of sp³-hybridized carbons (Fsp3) is 0.263. The van der Waals surface area contributed by atoms with Crippen LogP contribution in [0.15, 0.2) is 47.0 Å². The average Bonchev–Trinajstić information content (AvgIpc) is 3.10. The molecule has 0 saturated carbocycles. The fourth-order valence-corrected chi connectivity index (χ4v) is 3.40. The van der Waals surface area contributed by atoms with Crippen LogP contribution in [0.4, 0.5) is 19.0 Å². The number of piperazine rings is 1. The summed E-state index contributed by atoms with van der Waals surface area (Å²) in [5, 5.41) is 1.32. The van der Waals surface area contributed by atoms with Crippen molar-refractivity contribution >= 4 is 34.3 Å². The van der Waals surface area contributed by atoms with Crippen molar-refractivity contribution in [3.05, 3.63) is 58.9 Å². The quantitative estimate of drug-likeness (QED) is 0.644. The van der Waals surface area contributed by atoms with Crippen LogP contribution in [0, 0.1) is 0 Å². The van der Waals surface area contributed by atoms with Crippen LogP contribution < -0.4 is 9.88 Å². The van der Waals surface area contributed by atoms with Crippen molar-refractivity contribution in [1.82, 2.24) is 4.90 Å². The SMILES string of the molecule is O=C(c1cc2cc(Cl)ccc2o1)N1CCN(c2ccc(C(F)(F)F)c[nH+]2)CC1. The molecule has 1 aliphatic rings. The van der Waals surface area contributed by atoms with Crippen LogP contribution >= 0.6 is 11.6 Å². The fourth-order valence-electron chi connectivity index (χ4n) is 3.22. The molecule has 3 aromatic rings. The molecular formula is C19H16ClF3N3O2+. The number of rotatable bonds is 2. The van der Waals surface area contributed by atoms with Gasteiger partial charge < -0.3 is 9.32 Å². The van der Waals surface area contributed by atoms with Crippen LogP contribution in [-0.4, -0.2) is 37.0 Å². The summed E-state index contributed by atoms with van der Waals surface area (Å²) in [6.45, 7) is 1.87. The summed E-state index contributed by atoms with van der Waals surface area (Å²) in [5.74, 6) is 0.605. The summed E-state index contributed by atoms with van der Waals surface area (Å²) in [5.41, 5.74) is -0.138. The number of alkyl halides is 3. The number of halogens is 4. The number of anilines is 1. The predicted molar refractivity (Wildman–Crippen MR) is 97.3 cm³/mol. The molecule has 4 rings (SSSR count). The predicted octanol–water partition coefficient (Wildman–Crippen LogP) is 3.88. The second kappa shape index (κ2) is 7.01. The third kappa shape index (κ3) is 3.64. The van der Waals surface area contributed by atoms with E-state index in [4.69, 9.17) is 16.0 Å². The van der Waals surface area contributed by atoms with Crippen molar-refractivity contribution in [1.29, 1.82) is 0 Å². The van der Waals surface area contributed by atoms with Gasteiger partial charge in [-0.3, -0.25) is 9.69 Å². The molecular weight excluding hydrogens is 395 g/mol. The molecule has 28 heavy (non-hydrogen) atoms. The first kappa shape index (κ1) is 18.6. The van der Waals surface area contributed by atoms with Gasteiger partial charge >= 0.3 is 6.18 Å². The van der Waals surface area contributed by atoms with Crippen molar-refractivity contribution in [2.24, 2.45) is 0 Å². The minimum absolute atomic E-state index is 0.219. The summed E-state index contributed by atoms with van der Waals surface area (Å²) >= 11 is 5.96. The monoisotopic (exact) mass is 410 g/mol. The highest BCUT2D eigenvalue weighted by molar-refractivity contribution is 6.31. The standard InChI is InChI=1S/C19H15ClF3N3O2/c20-14-2-3-15-12(9-14)10-16(28-15)18(27)26-7-5-25(6-8-26)17-4-1-13(11-24-17)19(21,22)23/h1-4,9-11H,5-8H2/p+1. The Morgan fingerprint density at radius 2 is 1.82 bits per heavy atom. The first-order valence-electron chi connectivity index (χ1n) is 8.63. The van der Waals surface area contributed by atoms with E-state index < -0.39 is 11.7 Å². The van der Waals surface area contributed by atoms with Gasteiger partial charge in [0.25, 0.3) is 11.7 Å². The lowest BCUT2D eigenvalue weighted by molar-refractivity contribution is -0.367. The number of nitrogens with zero attached hydrogens (tertiary/aromatic N) is 2. The molecule has 5 nitrogen and oxygen atoms in total. The molecule has 0 spiro atoms. The highest BCUT2D eigenvalue weighted by atomic mass is 35.5. The number of pyridine rings is 1. The Morgan fingerprint density at radius 1 is 1.07 bits per heavy atom. The topological polar surface area (TPSA) is 50.8 Å². The first-order valence-corrected chi connectivity index (χ1v) is 9.01. The molecule has 1 fully saturated rings. The van der Waals surface area contributed by atoms with Gasteiger partial charge in [-0.25, -0.2) is 4.98 Å². The van der Waals surface area contributed by atoms with E-state index in [0.717, 1.165) is 17.6 Å². The second-order valence-electron chi connectivity index (χ2n) is 6.53. The Balaban J connectivity index is 1.42. The Kier molecular flexibility index (Phi) is 4.66. The number of aromatic nitrogens is 1. The first-order chi connectivity index (χ1) is 13.3. The molecule has 1 aliphatic heterocycles. The summed E-state index contributed by atoms with van der Waals surface area (Å²) in [7, 11) is 0. The van der Waals surface area contributed by atoms with Gasteiger partial charge in [0.05, 0.1) is 18.7 Å². The minimum Gasteiger partial charge on any atom is -0.451 e. The van der Waals surface area contributed by atoms with Gasteiger partial charge in [0.2, 0.25) is 0 Å². The number of nitrogens with one attached hydrogen (secondary N) is 1. The van der Waals surface area contributed by atoms with Gasteiger partial charge in [0.15, 0.2) is 5.76 Å². The number of hydrogen-bond acceptors (Lipinski definition) is 3. The van der Waals surface area contributed by atoms with Crippen molar-refractivity contribution in [3.63, 3.8) is 0 Å². The number of carbonyl (C=O) groups excluding carboxylic acids is 1. The van der Waals surface area contributed by atoms with E-state index in [1.165, 1.54) is 6.07 Å². The van der Waals surface area contributed by atoms with E-state index in [9.17, 15) is 18.0 Å². The average molecular weight is 411 g/mol. The number of carbonyl (C=O) groups is 1. The summed E-state index contributed by atoms with van der Waals surface area (Å²) in [6.07, 6.45) is -3.43. The number of fused-ring (bicyclic) bond motifs is 1. The molecule has 0 unspecified atom stereocenters. The molecule has 1 amide bonds. The Hall–Kier alpha value is -2.74. The van der Waals surface area contributed by atoms with Crippen LogP contribution in [-0.2, 0) is 6.18 Å². The zero-order valence-corrected chi connectivity index (χ0v) is 15.3. The lowest BCUT2D eigenvalue weighted by Gasteiger charge is -2.30. The zero-order valence-electron chi connectivity index (χ0n) is 14.6. The lowest BCUT2D eigenvalue weighted by Crippen LogP contribution is -2.50. The van der Waals surface area contributed by atoms with E-state index in [1.54, 1.807) is 29.2 Å². The van der Waals surface area contributed by atoms with Crippen molar-refractivity contribution in [2.45, 2.75) is 6.18 Å². The molecule has 0 aliphatic carbocycles. The Bertz CT molecular complexity index is 1010. The largest absolute Gasteiger partial charge is 0.451 e. The lowest BCUT2D eigenvalue weighted by atomic mass is 10.2. The molecule has 146 valence electrons. The van der Waals surface area contributed by atoms with Crippen LogP contribution in [0.1, 0.15) is 16.1 Å². The van der Waals surface area contributed by atoms with Crippen LogP contribution in [0.2, 0.25) is 5.02 Å². The third-order valence-corrected chi connectivity index (χ3v) is 4.96. The maximum absolute atomic E-state index is 12.7. The molecule has 0 atom stereocenters. The van der Waals surface area contributed by atoms with E-state index in [1.807, 2.05) is 4.90 Å². The van der Waals surface area contributed by atoms with Crippen molar-refractivity contribution in [3.8, 4) is 0 Å². The minimum atomic E-state index is -4.38. The van der Waals surface area contributed by atoms with E-state index in [0.29, 0.717) is 42.6 Å². The number of furan rings is 1. The summed E-state index contributed by atoms with van der Waals surface area (Å²) in [6, 6.07) is 9.26. The Morgan fingerprint density at radius 3 is 2.46 bits per heavy atom. The normalized spacial score (nSPS) is 15.3. The van der Waals surface area contributed by atoms with Crippen molar-refractivity contribution in [2.75, 3.05) is 31.1 Å². The number of amides is 1. The number of aromatic amines is 1. The van der Waals surface area contributed by atoms with E-state index in [2.05, 4.69) is 4.98 Å². The van der Waals surface area contributed by atoms with Crippen LogP contribution in [0.5, 0.6) is 0 Å². The molecule has 3 heterocycles. The van der Waals surface area contributed by atoms with E-state index in [-0.39, 0.29) is 11.7 Å².